The van der Waals surface area contributed by atoms with Crippen molar-refractivity contribution in [1.82, 2.24) is 9.62 Å². The van der Waals surface area contributed by atoms with Gasteiger partial charge >= 0.3 is 6.18 Å². The number of alkyl halides is 3. The number of carbonyl (C=O) groups excluding carboxylic acids is 2. The molecule has 0 saturated heterocycles. The van der Waals surface area contributed by atoms with E-state index < -0.39 is 39.6 Å². The molecule has 0 unspecified atom stereocenters. The van der Waals surface area contributed by atoms with Crippen molar-refractivity contribution in [3.8, 4) is 0 Å². The van der Waals surface area contributed by atoms with Crippen LogP contribution in [-0.4, -0.2) is 50.6 Å². The van der Waals surface area contributed by atoms with Gasteiger partial charge in [0, 0.05) is 19.8 Å². The molecule has 2 amide bonds. The second-order valence-corrected chi connectivity index (χ2v) is 12.6. The van der Waals surface area contributed by atoms with Crippen LogP contribution in [0.4, 0.5) is 18.9 Å². The van der Waals surface area contributed by atoms with Gasteiger partial charge in [-0.15, -0.1) is 0 Å². The van der Waals surface area contributed by atoms with Gasteiger partial charge in [0.25, 0.3) is 0 Å². The van der Waals surface area contributed by atoms with Gasteiger partial charge in [0.05, 0.1) is 16.9 Å². The zero-order valence-electron chi connectivity index (χ0n) is 23.3. The molecule has 1 aliphatic rings. The number of anilines is 1. The van der Waals surface area contributed by atoms with Gasteiger partial charge in [-0.25, -0.2) is 17.7 Å². The molecular weight excluding hydrogens is 559 g/mol. The van der Waals surface area contributed by atoms with E-state index in [1.54, 1.807) is 13.0 Å². The number of nitrogens with one attached hydrogen (secondary N) is 2. The first-order valence-electron chi connectivity index (χ1n) is 13.3. The van der Waals surface area contributed by atoms with E-state index in [-0.39, 0.29) is 23.2 Å². The van der Waals surface area contributed by atoms with Gasteiger partial charge in [-0.2, -0.15) is 13.2 Å². The summed E-state index contributed by atoms with van der Waals surface area (Å²) in [6.45, 7) is 1.73. The van der Waals surface area contributed by atoms with Crippen molar-refractivity contribution in [3.63, 3.8) is 0 Å². The molecular formula is C28H36F3N5O4S. The fourth-order valence-electron chi connectivity index (χ4n) is 4.66. The van der Waals surface area contributed by atoms with Gasteiger partial charge in [0.2, 0.25) is 21.8 Å². The highest BCUT2D eigenvalue weighted by Crippen LogP contribution is 2.30. The Kier molecular flexibility index (Phi) is 10.5. The smallest absolute Gasteiger partial charge is 0.370 e. The number of halogens is 3. The highest BCUT2D eigenvalue weighted by Gasteiger charge is 2.30. The molecule has 224 valence electrons. The molecule has 41 heavy (non-hydrogen) atoms. The number of amides is 2. The third-order valence-electron chi connectivity index (χ3n) is 7.04. The Morgan fingerprint density at radius 3 is 2.29 bits per heavy atom. The van der Waals surface area contributed by atoms with Crippen molar-refractivity contribution in [3.05, 3.63) is 59.2 Å². The standard InChI is InChI=1S/C28H36F3N5O4S/c1-18-9-14-22(41(39,40)36(2)3)17-23(18)33-26(38)24(15-19-7-5-4-6-8-19)34-27(32)35-25(37)16-20-10-12-21(13-11-20)28(29,30)31/h9-14,17,19,24H,4-8,15-16H2,1-3H3,(H,33,38)(H3,32,34,35,37)/t24-/m1/s1. The summed E-state index contributed by atoms with van der Waals surface area (Å²) in [6.07, 6.45) is 0.703. The van der Waals surface area contributed by atoms with E-state index in [4.69, 9.17) is 5.73 Å². The van der Waals surface area contributed by atoms with Gasteiger partial charge < -0.3 is 11.1 Å². The number of aliphatic imine (C=N–C) groups is 1. The van der Waals surface area contributed by atoms with E-state index in [1.165, 1.54) is 38.4 Å². The quantitative estimate of drug-likeness (QED) is 0.295. The molecule has 3 rings (SSSR count). The number of sulfonamides is 1. The molecule has 4 N–H and O–H groups in total. The number of carbonyl (C=O) groups is 2. The molecule has 1 fully saturated rings. The van der Waals surface area contributed by atoms with E-state index in [0.29, 0.717) is 23.2 Å². The molecule has 0 heterocycles. The summed E-state index contributed by atoms with van der Waals surface area (Å²) in [4.78, 5) is 30.3. The summed E-state index contributed by atoms with van der Waals surface area (Å²) in [5.41, 5.74) is 6.48. The molecule has 9 nitrogen and oxygen atoms in total. The molecule has 2 aromatic carbocycles. The lowest BCUT2D eigenvalue weighted by Gasteiger charge is -2.25. The lowest BCUT2D eigenvalue weighted by Crippen LogP contribution is -2.40. The van der Waals surface area contributed by atoms with E-state index >= 15 is 0 Å². The van der Waals surface area contributed by atoms with Gasteiger partial charge in [-0.1, -0.05) is 50.3 Å². The number of nitrogens with two attached hydrogens (primary N) is 1. The largest absolute Gasteiger partial charge is 0.416 e. The number of guanidine groups is 1. The first-order chi connectivity index (χ1) is 19.2. The number of hydrogen-bond donors (Lipinski definition) is 3. The molecule has 1 aliphatic carbocycles. The highest BCUT2D eigenvalue weighted by atomic mass is 32.2. The van der Waals surface area contributed by atoms with Crippen LogP contribution < -0.4 is 16.4 Å². The number of rotatable bonds is 9. The highest BCUT2D eigenvalue weighted by molar-refractivity contribution is 7.89. The maximum atomic E-state index is 13.4. The van der Waals surface area contributed by atoms with Crippen molar-refractivity contribution in [2.75, 3.05) is 19.4 Å². The Bertz CT molecular complexity index is 1370. The number of aryl methyl sites for hydroxylation is 1. The van der Waals surface area contributed by atoms with Gasteiger partial charge in [0.1, 0.15) is 6.04 Å². The second-order valence-electron chi connectivity index (χ2n) is 10.4. The molecule has 0 radical (unpaired) electrons. The SMILES string of the molecule is Cc1ccc(S(=O)(=O)N(C)C)cc1NC(=O)[C@@H](CC1CCCCC1)N=C(N)NC(=O)Cc1ccc(C(F)(F)F)cc1. The van der Waals surface area contributed by atoms with Crippen LogP contribution in [0.25, 0.3) is 0 Å². The third-order valence-corrected chi connectivity index (χ3v) is 8.85. The van der Waals surface area contributed by atoms with Crippen molar-refractivity contribution >= 4 is 33.5 Å². The maximum absolute atomic E-state index is 13.4. The Balaban J connectivity index is 1.77. The average molecular weight is 596 g/mol. The first kappa shape index (κ1) is 32.1. The van der Waals surface area contributed by atoms with Crippen LogP contribution in [-0.2, 0) is 32.2 Å². The van der Waals surface area contributed by atoms with Crippen LogP contribution in [0, 0.1) is 12.8 Å². The van der Waals surface area contributed by atoms with Crippen LogP contribution in [0.15, 0.2) is 52.4 Å². The fourth-order valence-corrected chi connectivity index (χ4v) is 5.59. The Morgan fingerprint density at radius 2 is 1.71 bits per heavy atom. The minimum atomic E-state index is -4.48. The van der Waals surface area contributed by atoms with Crippen LogP contribution in [0.2, 0.25) is 0 Å². The molecule has 0 aromatic heterocycles. The predicted octanol–water partition coefficient (Wildman–Crippen LogP) is 4.22. The zero-order chi connectivity index (χ0) is 30.4. The predicted molar refractivity (Wildman–Crippen MR) is 151 cm³/mol. The summed E-state index contributed by atoms with van der Waals surface area (Å²) in [6, 6.07) is 7.70. The van der Waals surface area contributed by atoms with Gasteiger partial charge in [-0.05, 0) is 54.7 Å². The Labute approximate surface area is 238 Å². The lowest BCUT2D eigenvalue weighted by molar-refractivity contribution is -0.137. The molecule has 0 bridgehead atoms. The molecule has 2 aromatic rings. The van der Waals surface area contributed by atoms with Crippen molar-refractivity contribution < 1.29 is 31.2 Å². The lowest BCUT2D eigenvalue weighted by atomic mass is 9.84. The minimum Gasteiger partial charge on any atom is -0.370 e. The van der Waals surface area contributed by atoms with E-state index in [2.05, 4.69) is 15.6 Å². The van der Waals surface area contributed by atoms with Crippen molar-refractivity contribution in [1.29, 1.82) is 0 Å². The molecule has 1 atom stereocenters. The molecule has 1 saturated carbocycles. The Morgan fingerprint density at radius 1 is 1.07 bits per heavy atom. The summed E-state index contributed by atoms with van der Waals surface area (Å²) in [5, 5.41) is 5.19. The topological polar surface area (TPSA) is 134 Å². The van der Waals surface area contributed by atoms with Gasteiger partial charge in [0.15, 0.2) is 5.96 Å². The fraction of sp³-hybridized carbons (Fsp3) is 0.464. The van der Waals surface area contributed by atoms with Crippen molar-refractivity contribution in [2.45, 2.75) is 69.0 Å². The van der Waals surface area contributed by atoms with Crippen LogP contribution in [0.3, 0.4) is 0 Å². The summed E-state index contributed by atoms with van der Waals surface area (Å²) in [5.74, 6) is -1.17. The number of hydrogen-bond acceptors (Lipinski definition) is 5. The summed E-state index contributed by atoms with van der Waals surface area (Å²) < 4.78 is 64.7. The number of benzene rings is 2. The first-order valence-corrected chi connectivity index (χ1v) is 14.7. The van der Waals surface area contributed by atoms with Crippen LogP contribution >= 0.6 is 0 Å². The third kappa shape index (κ3) is 9.02. The second kappa shape index (κ2) is 13.5. The average Bonchev–Trinajstić information content (AvgIpc) is 2.89. The normalized spacial score (nSPS) is 15.9. The monoisotopic (exact) mass is 595 g/mol. The molecule has 0 aliphatic heterocycles. The summed E-state index contributed by atoms with van der Waals surface area (Å²) in [7, 11) is -0.904. The summed E-state index contributed by atoms with van der Waals surface area (Å²) >= 11 is 0. The Hall–Kier alpha value is -3.45. The maximum Gasteiger partial charge on any atom is 0.416 e. The van der Waals surface area contributed by atoms with Gasteiger partial charge in [-0.3, -0.25) is 14.9 Å². The van der Waals surface area contributed by atoms with Crippen LogP contribution in [0.1, 0.15) is 55.2 Å². The van der Waals surface area contributed by atoms with Crippen LogP contribution in [0.5, 0.6) is 0 Å². The van der Waals surface area contributed by atoms with E-state index in [1.807, 2.05) is 0 Å². The number of nitrogens with zero attached hydrogens (tertiary/aromatic N) is 2. The van der Waals surface area contributed by atoms with E-state index in [9.17, 15) is 31.2 Å². The van der Waals surface area contributed by atoms with Crippen molar-refractivity contribution in [2.24, 2.45) is 16.6 Å². The molecule has 0 spiro atoms. The molecule has 13 heteroatoms. The minimum absolute atomic E-state index is 0.0192. The zero-order valence-corrected chi connectivity index (χ0v) is 24.1. The van der Waals surface area contributed by atoms with E-state index in [0.717, 1.165) is 48.5 Å².